The van der Waals surface area contributed by atoms with Crippen molar-refractivity contribution >= 4 is 86.6 Å². The van der Waals surface area contributed by atoms with Gasteiger partial charge in [-0.1, -0.05) is 67.8 Å². The molecule has 3 rings (SSSR count). The third kappa shape index (κ3) is 19.4. The van der Waals surface area contributed by atoms with Gasteiger partial charge in [-0.2, -0.15) is 0 Å². The highest BCUT2D eigenvalue weighted by atomic mass is 33.1. The topological polar surface area (TPSA) is 363 Å². The van der Waals surface area contributed by atoms with Crippen LogP contribution in [-0.4, -0.2) is 143 Å². The maximum absolute atomic E-state index is 14.5. The Bertz CT molecular complexity index is 2050. The first kappa shape index (κ1) is 58.2. The van der Waals surface area contributed by atoms with Gasteiger partial charge in [-0.25, -0.2) is 0 Å². The highest BCUT2D eigenvalue weighted by Gasteiger charge is 2.41. The quantitative estimate of drug-likeness (QED) is 0.0681. The zero-order valence-electron chi connectivity index (χ0n) is 40.3. The molecule has 0 aromatic heterocycles. The summed E-state index contributed by atoms with van der Waals surface area (Å²) in [4.78, 5) is 148. The van der Waals surface area contributed by atoms with Gasteiger partial charge in [0.1, 0.15) is 48.0 Å². The summed E-state index contributed by atoms with van der Waals surface area (Å²) in [6.45, 7) is 9.01. The number of likely N-dealkylation sites (tertiary alicyclic amines) is 1. The van der Waals surface area contributed by atoms with Crippen molar-refractivity contribution in [2.45, 2.75) is 135 Å². The standard InChI is InChI=1S/C45H69N11O12S2/c1-6-25(5)38-44(66)51-28(14-15-34(46)57)40(62)52-31(21-35(47)58)41(63)54-32(45(67)56-17-8-9-33(56)43(65)53-29(19-24(3)4)39(61)49-22-36(48)59)23-70-69-18-16-37(60)50-30(42(64)55-38)20-26-10-12-27(13-11-26)68-7-2/h10-13,24-25,28-33,38H,6-9,14-23H2,1-5H3,(H2,46,57)(H2,47,58)(H2,48,59)(H,49,61)(H,50,60)(H,51,66)(H,52,62)(H,53,65)(H,54,63)(H,55,64). The molecule has 70 heavy (non-hydrogen) atoms. The predicted molar refractivity (Wildman–Crippen MR) is 261 cm³/mol. The average molecular weight is 1020 g/mol. The van der Waals surface area contributed by atoms with Crippen molar-refractivity contribution in [2.24, 2.45) is 29.0 Å². The summed E-state index contributed by atoms with van der Waals surface area (Å²) in [6.07, 6.45) is -0.489. The van der Waals surface area contributed by atoms with Gasteiger partial charge in [0.2, 0.25) is 65.0 Å². The van der Waals surface area contributed by atoms with E-state index in [0.29, 0.717) is 30.8 Å². The maximum atomic E-state index is 14.5. The summed E-state index contributed by atoms with van der Waals surface area (Å²) >= 11 is 0. The molecule has 25 heteroatoms. The van der Waals surface area contributed by atoms with Crippen molar-refractivity contribution in [1.82, 2.24) is 42.1 Å². The number of nitrogens with two attached hydrogens (primary N) is 3. The average Bonchev–Trinajstić information content (AvgIpc) is 3.80. The Balaban J connectivity index is 2.03. The molecule has 0 radical (unpaired) electrons. The molecule has 23 nitrogen and oxygen atoms in total. The fourth-order valence-corrected chi connectivity index (χ4v) is 9.73. The lowest BCUT2D eigenvalue weighted by atomic mass is 9.96. The van der Waals surface area contributed by atoms with E-state index in [1.807, 2.05) is 20.8 Å². The molecule has 2 aliphatic heterocycles. The van der Waals surface area contributed by atoms with Crippen molar-refractivity contribution in [1.29, 1.82) is 0 Å². The van der Waals surface area contributed by atoms with E-state index in [1.165, 1.54) is 15.7 Å². The Morgan fingerprint density at radius 1 is 0.800 bits per heavy atom. The van der Waals surface area contributed by atoms with Crippen molar-refractivity contribution in [3.63, 3.8) is 0 Å². The van der Waals surface area contributed by atoms with Crippen molar-refractivity contribution in [3.8, 4) is 5.75 Å². The molecular formula is C45H69N11O12S2. The molecular weight excluding hydrogens is 951 g/mol. The number of hydrogen-bond acceptors (Lipinski definition) is 14. The highest BCUT2D eigenvalue weighted by molar-refractivity contribution is 8.76. The molecule has 8 atom stereocenters. The minimum atomic E-state index is -1.72. The van der Waals surface area contributed by atoms with Crippen molar-refractivity contribution < 1.29 is 57.5 Å². The Morgan fingerprint density at radius 2 is 1.46 bits per heavy atom. The summed E-state index contributed by atoms with van der Waals surface area (Å²) in [7, 11) is 2.27. The number of nitrogens with one attached hydrogen (secondary N) is 7. The minimum Gasteiger partial charge on any atom is -0.494 e. The minimum absolute atomic E-state index is 0.0193. The van der Waals surface area contributed by atoms with E-state index in [9.17, 15) is 52.7 Å². The number of primary amides is 3. The number of carbonyl (C=O) groups is 11. The van der Waals surface area contributed by atoms with Crippen LogP contribution in [0.5, 0.6) is 5.75 Å². The molecule has 0 bridgehead atoms. The van der Waals surface area contributed by atoms with Crippen LogP contribution < -0.4 is 59.2 Å². The maximum Gasteiger partial charge on any atom is 0.246 e. The van der Waals surface area contributed by atoms with Crippen molar-refractivity contribution in [2.75, 3.05) is 31.2 Å². The Kier molecular flexibility index (Phi) is 24.2. The van der Waals surface area contributed by atoms with Gasteiger partial charge in [-0.15, -0.1) is 0 Å². The first-order valence-electron chi connectivity index (χ1n) is 23.3. The molecule has 0 aliphatic carbocycles. The largest absolute Gasteiger partial charge is 0.494 e. The first-order valence-corrected chi connectivity index (χ1v) is 25.8. The molecule has 2 aliphatic rings. The second kappa shape index (κ2) is 29.2. The Morgan fingerprint density at radius 3 is 2.07 bits per heavy atom. The van der Waals surface area contributed by atoms with Crippen LogP contribution in [0, 0.1) is 11.8 Å². The van der Waals surface area contributed by atoms with Crippen LogP contribution >= 0.6 is 21.6 Å². The molecule has 388 valence electrons. The molecule has 11 amide bonds. The lowest BCUT2D eigenvalue weighted by molar-refractivity contribution is -0.142. The SMILES string of the molecule is CCOc1ccc(CC2NC(=O)CCSSCC(C(=O)N3CCCC3C(=O)NC(CC(C)C)C(=O)NCC(N)=O)NC(=O)C(CC(N)=O)NC(=O)C(CCC(N)=O)NC(=O)C(C(C)CC)NC2=O)cc1. The Labute approximate surface area is 415 Å². The first-order chi connectivity index (χ1) is 33.1. The van der Waals surface area contributed by atoms with E-state index >= 15 is 0 Å². The van der Waals surface area contributed by atoms with Crippen LogP contribution in [0.3, 0.4) is 0 Å². The molecule has 0 spiro atoms. The zero-order valence-corrected chi connectivity index (χ0v) is 41.9. The van der Waals surface area contributed by atoms with Gasteiger partial charge in [0, 0.05) is 37.3 Å². The molecule has 8 unspecified atom stereocenters. The fraction of sp³-hybridized carbons (Fsp3) is 0.622. The summed E-state index contributed by atoms with van der Waals surface area (Å²) in [5.41, 5.74) is 16.8. The van der Waals surface area contributed by atoms with Gasteiger partial charge in [0.25, 0.3) is 0 Å². The molecule has 1 aromatic carbocycles. The molecule has 2 saturated heterocycles. The van der Waals surface area contributed by atoms with Gasteiger partial charge in [0.05, 0.1) is 19.6 Å². The molecule has 1 aromatic rings. The molecule has 0 saturated carbocycles. The number of benzene rings is 1. The number of amides is 11. The summed E-state index contributed by atoms with van der Waals surface area (Å²) in [5, 5.41) is 18.2. The van der Waals surface area contributed by atoms with Gasteiger partial charge < -0.3 is 64.1 Å². The van der Waals surface area contributed by atoms with E-state index in [4.69, 9.17) is 21.9 Å². The van der Waals surface area contributed by atoms with Crippen LogP contribution in [-0.2, 0) is 59.2 Å². The summed E-state index contributed by atoms with van der Waals surface area (Å²) in [6, 6.07) is -2.37. The van der Waals surface area contributed by atoms with Gasteiger partial charge in [-0.05, 0) is 62.1 Å². The number of rotatable bonds is 19. The van der Waals surface area contributed by atoms with Crippen LogP contribution in [0.1, 0.15) is 91.5 Å². The van der Waals surface area contributed by atoms with Crippen molar-refractivity contribution in [3.05, 3.63) is 29.8 Å². The van der Waals surface area contributed by atoms with E-state index in [-0.39, 0.29) is 56.1 Å². The van der Waals surface area contributed by atoms with Gasteiger partial charge in [0.15, 0.2) is 0 Å². The lowest BCUT2D eigenvalue weighted by Gasteiger charge is -2.31. The second-order valence-corrected chi connectivity index (χ2v) is 20.2. The van der Waals surface area contributed by atoms with Crippen LogP contribution in [0.2, 0.25) is 0 Å². The molecule has 13 N–H and O–H groups in total. The second-order valence-electron chi connectivity index (χ2n) is 17.6. The third-order valence-corrected chi connectivity index (χ3v) is 13.8. The number of ether oxygens (including phenoxy) is 1. The summed E-state index contributed by atoms with van der Waals surface area (Å²) < 4.78 is 5.54. The van der Waals surface area contributed by atoms with E-state index in [0.717, 1.165) is 10.8 Å². The summed E-state index contributed by atoms with van der Waals surface area (Å²) in [5.74, 6) is -8.77. The normalized spacial score (nSPS) is 23.0. The fourth-order valence-electron chi connectivity index (χ4n) is 7.58. The third-order valence-electron chi connectivity index (χ3n) is 11.4. The van der Waals surface area contributed by atoms with E-state index in [2.05, 4.69) is 37.2 Å². The van der Waals surface area contributed by atoms with Gasteiger partial charge >= 0.3 is 0 Å². The van der Waals surface area contributed by atoms with Crippen LogP contribution in [0.15, 0.2) is 24.3 Å². The molecule has 2 fully saturated rings. The zero-order chi connectivity index (χ0) is 52.1. The molecule has 2 heterocycles. The van der Waals surface area contributed by atoms with E-state index < -0.39 is 133 Å². The van der Waals surface area contributed by atoms with Crippen LogP contribution in [0.4, 0.5) is 0 Å². The Hall–Kier alpha value is -6.11. The van der Waals surface area contributed by atoms with Crippen LogP contribution in [0.25, 0.3) is 0 Å². The number of carbonyl (C=O) groups excluding carboxylic acids is 11. The monoisotopic (exact) mass is 1020 g/mol. The number of hydrogen-bond donors (Lipinski definition) is 10. The number of nitrogens with zero attached hydrogens (tertiary/aromatic N) is 1. The van der Waals surface area contributed by atoms with E-state index in [1.54, 1.807) is 38.1 Å². The lowest BCUT2D eigenvalue weighted by Crippen LogP contribution is -2.61. The van der Waals surface area contributed by atoms with Gasteiger partial charge in [-0.3, -0.25) is 52.7 Å². The highest BCUT2D eigenvalue weighted by Crippen LogP contribution is 2.26. The predicted octanol–water partition coefficient (Wildman–Crippen LogP) is -1.85. The smallest absolute Gasteiger partial charge is 0.246 e.